The van der Waals surface area contributed by atoms with Gasteiger partial charge in [-0.1, -0.05) is 194 Å². The highest BCUT2D eigenvalue weighted by molar-refractivity contribution is 8.14. The Bertz CT molecular complexity index is 3080. The number of methoxy groups -OCH3 is 1. The second kappa shape index (κ2) is 35.6. The molecule has 8 N–H and O–H groups in total. The molecular formula is C63H68N8O13S2. The van der Waals surface area contributed by atoms with Crippen molar-refractivity contribution in [1.29, 1.82) is 0 Å². The molecule has 6 aromatic carbocycles. The van der Waals surface area contributed by atoms with Gasteiger partial charge >= 0.3 is 18.2 Å². The monoisotopic (exact) mass is 1210 g/mol. The highest BCUT2D eigenvalue weighted by Gasteiger charge is 2.39. The molecule has 0 bridgehead atoms. The number of carbonyl (C=O) groups is 10. The van der Waals surface area contributed by atoms with Gasteiger partial charge in [0.25, 0.3) is 0 Å². The summed E-state index contributed by atoms with van der Waals surface area (Å²) in [4.78, 5) is 131. The van der Waals surface area contributed by atoms with E-state index < -0.39 is 103 Å². The molecule has 3 unspecified atom stereocenters. The van der Waals surface area contributed by atoms with Gasteiger partial charge < -0.3 is 56.7 Å². The van der Waals surface area contributed by atoms with Gasteiger partial charge in [-0.3, -0.25) is 33.6 Å². The maximum Gasteiger partial charge on any atom is 0.408 e. The van der Waals surface area contributed by atoms with Crippen molar-refractivity contribution in [2.45, 2.75) is 55.3 Å². The first-order valence-electron chi connectivity index (χ1n) is 27.4. The van der Waals surface area contributed by atoms with Crippen LogP contribution in [0.25, 0.3) is 0 Å². The zero-order valence-electron chi connectivity index (χ0n) is 47.2. The summed E-state index contributed by atoms with van der Waals surface area (Å²) in [6.45, 7) is -2.39. The number of esters is 1. The van der Waals surface area contributed by atoms with Gasteiger partial charge in [0.1, 0.15) is 31.3 Å². The molecule has 450 valence electrons. The van der Waals surface area contributed by atoms with Crippen LogP contribution in [0.2, 0.25) is 0 Å². The van der Waals surface area contributed by atoms with Gasteiger partial charge in [0.05, 0.1) is 38.0 Å². The van der Waals surface area contributed by atoms with Crippen LogP contribution in [-0.4, -0.2) is 128 Å². The zero-order chi connectivity index (χ0) is 61.4. The van der Waals surface area contributed by atoms with E-state index in [1.54, 1.807) is 54.6 Å². The van der Waals surface area contributed by atoms with Crippen molar-refractivity contribution in [2.24, 2.45) is 0 Å². The predicted octanol–water partition coefficient (Wildman–Crippen LogP) is 5.28. The van der Waals surface area contributed by atoms with Crippen molar-refractivity contribution < 1.29 is 62.2 Å². The molecule has 0 aliphatic heterocycles. The summed E-state index contributed by atoms with van der Waals surface area (Å²) < 4.78 is 14.7. The summed E-state index contributed by atoms with van der Waals surface area (Å²) in [6, 6.07) is 51.8. The van der Waals surface area contributed by atoms with E-state index in [1.807, 2.05) is 127 Å². The topological polar surface area (TPSA) is 295 Å². The van der Waals surface area contributed by atoms with Crippen molar-refractivity contribution in [3.05, 3.63) is 215 Å². The summed E-state index contributed by atoms with van der Waals surface area (Å²) >= 11 is 2.19. The minimum atomic E-state index is -1.28. The van der Waals surface area contributed by atoms with Crippen LogP contribution in [0, 0.1) is 0 Å². The van der Waals surface area contributed by atoms with E-state index in [2.05, 4.69) is 42.5 Å². The Morgan fingerprint density at radius 1 is 0.430 bits per heavy atom. The molecule has 86 heavy (non-hydrogen) atoms. The van der Waals surface area contributed by atoms with Gasteiger partial charge in [-0.05, 0) is 47.1 Å². The highest BCUT2D eigenvalue weighted by Crippen LogP contribution is 2.48. The fraction of sp³-hybridized carbons (Fsp3) is 0.270. The molecule has 21 nitrogen and oxygen atoms in total. The lowest BCUT2D eigenvalue weighted by Crippen LogP contribution is -2.53. The third-order valence-corrected chi connectivity index (χ3v) is 15.5. The Labute approximate surface area is 506 Å². The lowest BCUT2D eigenvalue weighted by Gasteiger charge is -2.36. The summed E-state index contributed by atoms with van der Waals surface area (Å²) in [5.41, 5.74) is 4.60. The second-order valence-electron chi connectivity index (χ2n) is 19.1. The molecule has 0 spiro atoms. The van der Waals surface area contributed by atoms with E-state index >= 15 is 0 Å². The second-order valence-corrected chi connectivity index (χ2v) is 21.3. The van der Waals surface area contributed by atoms with Gasteiger partial charge in [-0.15, -0.1) is 11.8 Å². The summed E-state index contributed by atoms with van der Waals surface area (Å²) in [7, 11) is 1.12. The van der Waals surface area contributed by atoms with Gasteiger partial charge in [0.15, 0.2) is 0 Å². The molecule has 0 fully saturated rings. The number of benzene rings is 6. The molecule has 0 aromatic heterocycles. The van der Waals surface area contributed by atoms with Crippen molar-refractivity contribution >= 4 is 82.2 Å². The quantitative estimate of drug-likeness (QED) is 0.0115. The van der Waals surface area contributed by atoms with Crippen LogP contribution in [0.4, 0.5) is 9.59 Å². The smallest absolute Gasteiger partial charge is 0.408 e. The summed E-state index contributed by atoms with van der Waals surface area (Å²) in [5, 5.41) is 19.8. The van der Waals surface area contributed by atoms with Crippen LogP contribution in [0.5, 0.6) is 0 Å². The van der Waals surface area contributed by atoms with Gasteiger partial charge in [-0.25, -0.2) is 14.4 Å². The van der Waals surface area contributed by atoms with E-state index in [-0.39, 0.29) is 49.2 Å². The molecule has 0 saturated heterocycles. The lowest BCUT2D eigenvalue weighted by atomic mass is 9.84. The molecule has 0 radical (unpaired) electrons. The number of thioether (sulfide) groups is 2. The van der Waals surface area contributed by atoms with Gasteiger partial charge in [0.2, 0.25) is 40.6 Å². The van der Waals surface area contributed by atoms with Crippen molar-refractivity contribution in [3.8, 4) is 0 Å². The zero-order valence-corrected chi connectivity index (χ0v) is 48.8. The van der Waals surface area contributed by atoms with E-state index in [0.29, 0.717) is 17.5 Å². The Hall–Kier alpha value is -9.48. The largest absolute Gasteiger partial charge is 0.467 e. The number of hydrogen-bond donors (Lipinski definition) is 8. The normalized spacial score (nSPS) is 11.8. The Morgan fingerprint density at radius 3 is 1.35 bits per heavy atom. The minimum Gasteiger partial charge on any atom is -0.467 e. The van der Waals surface area contributed by atoms with Crippen LogP contribution in [0.1, 0.15) is 57.4 Å². The number of carbonyl (C=O) groups excluding carboxylic acids is 10. The summed E-state index contributed by atoms with van der Waals surface area (Å²) in [6.07, 6.45) is -0.932. The number of ether oxygens (including phenoxy) is 3. The number of nitrogens with one attached hydrogen (secondary N) is 8. The average molecular weight is 1210 g/mol. The first-order valence-corrected chi connectivity index (χ1v) is 29.4. The summed E-state index contributed by atoms with van der Waals surface area (Å²) in [5.74, 6) is -5.71. The molecule has 0 aliphatic rings. The molecule has 6 aromatic rings. The standard InChI is InChI=1S/C63H68N8O13S2/c1-82-59(78)52(42-85-60(79)46-26-12-4-13-27-46)70-55(74)38-66-53(72)36-65-54(73)37-67-57(76)50(34-20-21-35-64-61(80)83-40-44-22-8-2-9-23-44)69-56(75)39-68-58(77)51(71-62(81)84-41-45-24-10-3-11-25-45)43-86-63(47-28-14-5-15-29-47,48-30-16-6-17-31-48)49-32-18-7-19-33-49/h2-19,22-33,50-52H,20-21,34-43H2,1H3,(H,64,80)(H,65,73)(H,66,72)(H,67,76)(H,68,77)(H,69,75)(H,70,74)(H,71,81). The Kier molecular flexibility index (Phi) is 27.2. The first-order chi connectivity index (χ1) is 41.7. The number of amides is 8. The van der Waals surface area contributed by atoms with Crippen molar-refractivity contribution in [1.82, 2.24) is 42.5 Å². The predicted molar refractivity (Wildman–Crippen MR) is 325 cm³/mol. The molecule has 0 aliphatic carbocycles. The van der Waals surface area contributed by atoms with Gasteiger partial charge in [0, 0.05) is 23.6 Å². The first kappa shape index (κ1) is 65.7. The number of rotatable bonds is 32. The molecule has 0 saturated carbocycles. The molecule has 0 heterocycles. The lowest BCUT2D eigenvalue weighted by molar-refractivity contribution is -0.144. The maximum atomic E-state index is 14.3. The Balaban J connectivity index is 1.07. The van der Waals surface area contributed by atoms with Crippen LogP contribution < -0.4 is 42.5 Å². The van der Waals surface area contributed by atoms with Crippen LogP contribution in [-0.2, 0) is 65.7 Å². The maximum absolute atomic E-state index is 14.3. The third-order valence-electron chi connectivity index (χ3n) is 12.8. The highest BCUT2D eigenvalue weighted by atomic mass is 32.2. The molecule has 8 amide bonds. The molecule has 6 rings (SSSR count). The van der Waals surface area contributed by atoms with Crippen molar-refractivity contribution in [3.63, 3.8) is 0 Å². The minimum absolute atomic E-state index is 0.00578. The van der Waals surface area contributed by atoms with Crippen LogP contribution >= 0.6 is 23.5 Å². The van der Waals surface area contributed by atoms with E-state index in [9.17, 15) is 47.9 Å². The average Bonchev–Trinajstić information content (AvgIpc) is 1.39. The van der Waals surface area contributed by atoms with Crippen molar-refractivity contribution in [2.75, 3.05) is 51.3 Å². The van der Waals surface area contributed by atoms with E-state index in [1.165, 1.54) is 11.8 Å². The fourth-order valence-electron chi connectivity index (χ4n) is 8.46. The molecule has 3 atom stereocenters. The number of unbranched alkanes of at least 4 members (excludes halogenated alkanes) is 1. The van der Waals surface area contributed by atoms with E-state index in [0.717, 1.165) is 41.1 Å². The molecule has 23 heteroatoms. The van der Waals surface area contributed by atoms with E-state index in [4.69, 9.17) is 14.2 Å². The fourth-order valence-corrected chi connectivity index (χ4v) is 10.9. The van der Waals surface area contributed by atoms with Crippen LogP contribution in [0.15, 0.2) is 182 Å². The third kappa shape index (κ3) is 21.9. The number of alkyl carbamates (subject to hydrolysis) is 2. The number of hydrogen-bond acceptors (Lipinski definition) is 15. The van der Waals surface area contributed by atoms with Crippen LogP contribution in [0.3, 0.4) is 0 Å². The van der Waals surface area contributed by atoms with Gasteiger partial charge in [-0.2, -0.15) is 0 Å². The Morgan fingerprint density at radius 2 is 0.849 bits per heavy atom. The molecular weight excluding hydrogens is 1140 g/mol. The SMILES string of the molecule is COC(=O)C(CSC(=O)c1ccccc1)NC(=O)CNC(=O)CNC(=O)CNC(=O)C(CCCCNC(=O)OCc1ccccc1)NC(=O)CNC(=O)C(CSC(c1ccccc1)(c1ccccc1)c1ccccc1)NC(=O)OCc1ccccc1.